The van der Waals surface area contributed by atoms with Crippen molar-refractivity contribution >= 4 is 44.4 Å². The van der Waals surface area contributed by atoms with Gasteiger partial charge in [-0.3, -0.25) is 4.98 Å². The predicted octanol–water partition coefficient (Wildman–Crippen LogP) is 2.37. The number of nitrogen functional groups attached to an aromatic ring is 2. The van der Waals surface area contributed by atoms with Crippen molar-refractivity contribution < 1.29 is 0 Å². The molecule has 0 fully saturated rings. The monoisotopic (exact) mass is 329 g/mol. The van der Waals surface area contributed by atoms with Crippen molar-refractivity contribution in [1.82, 2.24) is 19.9 Å². The minimum absolute atomic E-state index is 0.0267. The summed E-state index contributed by atoms with van der Waals surface area (Å²) in [6.07, 6.45) is 1.62. The van der Waals surface area contributed by atoms with Crippen LogP contribution in [0.3, 0.4) is 0 Å². The topological polar surface area (TPSA) is 127 Å². The second-order valence-electron chi connectivity index (χ2n) is 4.44. The molecule has 0 aliphatic carbocycles. The third kappa shape index (κ3) is 2.79. The Morgan fingerprint density at radius 2 is 2.14 bits per heavy atom. The average molecular weight is 329 g/mol. The molecule has 0 saturated heterocycles. The van der Waals surface area contributed by atoms with Crippen LogP contribution in [0.5, 0.6) is 0 Å². The molecule has 4 N–H and O–H groups in total. The maximum absolute atomic E-state index is 8.95. The second kappa shape index (κ2) is 5.75. The molecule has 3 aromatic heterocycles. The molecule has 1 unspecified atom stereocenters. The number of thioether (sulfide) groups is 1. The zero-order valence-electron chi connectivity index (χ0n) is 11.5. The number of thiazole rings is 1. The Morgan fingerprint density at radius 1 is 1.32 bits per heavy atom. The highest BCUT2D eigenvalue weighted by Crippen LogP contribution is 2.35. The zero-order chi connectivity index (χ0) is 15.7. The van der Waals surface area contributed by atoms with Gasteiger partial charge in [-0.15, -0.1) is 0 Å². The first-order valence-electron chi connectivity index (χ1n) is 6.29. The number of anilines is 2. The molecule has 7 nitrogen and oxygen atoms in total. The largest absolute Gasteiger partial charge is 0.382 e. The van der Waals surface area contributed by atoms with Gasteiger partial charge in [0, 0.05) is 6.20 Å². The number of nitrogens with zero attached hydrogens (tertiary/aromatic N) is 5. The number of pyridine rings is 1. The van der Waals surface area contributed by atoms with E-state index in [1.54, 1.807) is 18.3 Å². The lowest BCUT2D eigenvalue weighted by molar-refractivity contribution is 0.959. The van der Waals surface area contributed by atoms with Crippen molar-refractivity contribution in [2.45, 2.75) is 17.3 Å². The van der Waals surface area contributed by atoms with Crippen molar-refractivity contribution in [2.75, 3.05) is 11.5 Å². The lowest BCUT2D eigenvalue weighted by Gasteiger charge is -2.09. The summed E-state index contributed by atoms with van der Waals surface area (Å²) in [5.74, 6) is 0.368. The molecule has 0 saturated carbocycles. The van der Waals surface area contributed by atoms with E-state index in [2.05, 4.69) is 26.0 Å². The number of aromatic nitrogens is 4. The number of fused-ring (bicyclic) bond motifs is 1. The Balaban J connectivity index is 1.90. The Hall–Kier alpha value is -2.44. The molecule has 0 amide bonds. The van der Waals surface area contributed by atoms with Crippen LogP contribution in [0.15, 0.2) is 23.5 Å². The minimum atomic E-state index is -0.0267. The van der Waals surface area contributed by atoms with Crippen molar-refractivity contribution in [3.8, 4) is 6.07 Å². The summed E-state index contributed by atoms with van der Waals surface area (Å²) in [6.45, 7) is 1.97. The van der Waals surface area contributed by atoms with E-state index in [1.165, 1.54) is 23.1 Å². The molecule has 3 rings (SSSR count). The van der Waals surface area contributed by atoms with Gasteiger partial charge in [-0.25, -0.2) is 15.0 Å². The van der Waals surface area contributed by atoms with E-state index >= 15 is 0 Å². The van der Waals surface area contributed by atoms with E-state index < -0.39 is 0 Å². The van der Waals surface area contributed by atoms with Gasteiger partial charge in [-0.2, -0.15) is 5.26 Å². The molecule has 0 radical (unpaired) electrons. The van der Waals surface area contributed by atoms with Crippen molar-refractivity contribution in [3.63, 3.8) is 0 Å². The van der Waals surface area contributed by atoms with E-state index in [9.17, 15) is 0 Å². The predicted molar refractivity (Wildman–Crippen MR) is 87.3 cm³/mol. The zero-order valence-corrected chi connectivity index (χ0v) is 13.1. The lowest BCUT2D eigenvalue weighted by Crippen LogP contribution is -1.99. The van der Waals surface area contributed by atoms with Crippen LogP contribution in [-0.2, 0) is 0 Å². The molecule has 0 spiro atoms. The van der Waals surface area contributed by atoms with Crippen LogP contribution >= 0.6 is 23.1 Å². The van der Waals surface area contributed by atoms with Crippen LogP contribution in [0.1, 0.15) is 23.4 Å². The highest BCUT2D eigenvalue weighted by molar-refractivity contribution is 7.99. The fourth-order valence-electron chi connectivity index (χ4n) is 1.85. The molecular weight excluding hydrogens is 318 g/mol. The van der Waals surface area contributed by atoms with Crippen molar-refractivity contribution in [3.05, 3.63) is 29.6 Å². The molecule has 110 valence electrons. The van der Waals surface area contributed by atoms with E-state index in [0.29, 0.717) is 32.0 Å². The lowest BCUT2D eigenvalue weighted by atomic mass is 10.2. The summed E-state index contributed by atoms with van der Waals surface area (Å²) in [6, 6.07) is 5.52. The molecule has 0 aromatic carbocycles. The summed E-state index contributed by atoms with van der Waals surface area (Å²) in [5.41, 5.74) is 13.4. The number of hydrogen-bond acceptors (Lipinski definition) is 9. The molecule has 9 heteroatoms. The van der Waals surface area contributed by atoms with Gasteiger partial charge in [0.1, 0.15) is 10.5 Å². The Morgan fingerprint density at radius 3 is 2.91 bits per heavy atom. The van der Waals surface area contributed by atoms with E-state index in [4.69, 9.17) is 16.7 Å². The number of rotatable bonds is 3. The van der Waals surface area contributed by atoms with Crippen LogP contribution in [0.25, 0.3) is 10.3 Å². The Bertz CT molecular complexity index is 884. The van der Waals surface area contributed by atoms with Crippen LogP contribution < -0.4 is 11.5 Å². The molecule has 3 heterocycles. The quantitative estimate of drug-likeness (QED) is 0.553. The fourth-order valence-corrected chi connectivity index (χ4v) is 3.38. The highest BCUT2D eigenvalue weighted by atomic mass is 32.2. The van der Waals surface area contributed by atoms with E-state index in [0.717, 1.165) is 5.69 Å². The second-order valence-corrected chi connectivity index (χ2v) is 6.78. The molecule has 1 atom stereocenters. The van der Waals surface area contributed by atoms with Gasteiger partial charge < -0.3 is 11.5 Å². The summed E-state index contributed by atoms with van der Waals surface area (Å²) in [4.78, 5) is 17.1. The third-order valence-corrected chi connectivity index (χ3v) is 4.77. The van der Waals surface area contributed by atoms with Gasteiger partial charge in [-0.1, -0.05) is 23.1 Å². The SMILES string of the molecule is CC(Sc1nc(N)c2sc(N)nc2n1)c1cc(C#N)ccn1. The van der Waals surface area contributed by atoms with Gasteiger partial charge >= 0.3 is 0 Å². The average Bonchev–Trinajstić information content (AvgIpc) is 2.88. The Kier molecular flexibility index (Phi) is 3.79. The first-order chi connectivity index (χ1) is 10.6. The normalized spacial score (nSPS) is 12.2. The highest BCUT2D eigenvalue weighted by Gasteiger charge is 2.15. The van der Waals surface area contributed by atoms with Gasteiger partial charge in [0.25, 0.3) is 0 Å². The standard InChI is InChI=1S/C13H11N7S2/c1-6(8-4-7(5-14)2-3-17-8)21-13-18-10(15)9-11(20-13)19-12(16)22-9/h2-4,6H,1H3,(H4,15,16,18,19,20). The van der Waals surface area contributed by atoms with Crippen LogP contribution in [0.4, 0.5) is 10.9 Å². The van der Waals surface area contributed by atoms with E-state index in [-0.39, 0.29) is 5.25 Å². The first kappa shape index (κ1) is 14.5. The van der Waals surface area contributed by atoms with Gasteiger partial charge in [-0.05, 0) is 19.1 Å². The molecule has 3 aromatic rings. The molecule has 0 aliphatic rings. The first-order valence-corrected chi connectivity index (χ1v) is 7.98. The summed E-state index contributed by atoms with van der Waals surface area (Å²) >= 11 is 2.67. The minimum Gasteiger partial charge on any atom is -0.382 e. The molecule has 0 aliphatic heterocycles. The van der Waals surface area contributed by atoms with E-state index in [1.807, 2.05) is 6.92 Å². The maximum atomic E-state index is 8.95. The molecular formula is C13H11N7S2. The van der Waals surface area contributed by atoms with Crippen molar-refractivity contribution in [1.29, 1.82) is 5.26 Å². The summed E-state index contributed by atoms with van der Waals surface area (Å²) in [7, 11) is 0. The number of nitrogens with two attached hydrogens (primary N) is 2. The van der Waals surface area contributed by atoms with Crippen LogP contribution in [0.2, 0.25) is 0 Å². The van der Waals surface area contributed by atoms with Gasteiger partial charge in [0.05, 0.1) is 22.6 Å². The molecule has 0 bridgehead atoms. The van der Waals surface area contributed by atoms with Gasteiger partial charge in [0.2, 0.25) is 0 Å². The Labute approximate surface area is 134 Å². The summed E-state index contributed by atoms with van der Waals surface area (Å²) in [5, 5.41) is 9.84. The van der Waals surface area contributed by atoms with Crippen molar-refractivity contribution in [2.24, 2.45) is 0 Å². The molecule has 22 heavy (non-hydrogen) atoms. The van der Waals surface area contributed by atoms with Crippen LogP contribution in [-0.4, -0.2) is 19.9 Å². The summed E-state index contributed by atoms with van der Waals surface area (Å²) < 4.78 is 0.694. The maximum Gasteiger partial charge on any atom is 0.192 e. The third-order valence-electron chi connectivity index (χ3n) is 2.88. The van der Waals surface area contributed by atoms with Crippen LogP contribution in [0, 0.1) is 11.3 Å². The number of nitriles is 1. The van der Waals surface area contributed by atoms with Gasteiger partial charge in [0.15, 0.2) is 15.9 Å². The fraction of sp³-hybridized carbons (Fsp3) is 0.154. The number of hydrogen-bond donors (Lipinski definition) is 2. The smallest absolute Gasteiger partial charge is 0.192 e.